The molecule has 9 heteroatoms. The zero-order valence-corrected chi connectivity index (χ0v) is 15.9. The minimum atomic E-state index is -4.59. The number of nitrogens with zero attached hydrogens (tertiary/aromatic N) is 3. The Kier molecular flexibility index (Phi) is 5.97. The van der Waals surface area contributed by atoms with Gasteiger partial charge >= 0.3 is 6.18 Å². The van der Waals surface area contributed by atoms with Crippen molar-refractivity contribution in [3.63, 3.8) is 0 Å². The van der Waals surface area contributed by atoms with Crippen LogP contribution >= 0.6 is 0 Å². The summed E-state index contributed by atoms with van der Waals surface area (Å²) in [4.78, 5) is 12.1. The lowest BCUT2D eigenvalue weighted by molar-refractivity contribution is -0.141. The van der Waals surface area contributed by atoms with Gasteiger partial charge in [-0.05, 0) is 31.7 Å². The fraction of sp³-hybridized carbons (Fsp3) is 0.250. The van der Waals surface area contributed by atoms with Crippen LogP contribution in [0.3, 0.4) is 0 Å². The monoisotopic (exact) mass is 403 g/mol. The predicted octanol–water partition coefficient (Wildman–Crippen LogP) is 3.71. The molecule has 0 radical (unpaired) electrons. The third-order valence-corrected chi connectivity index (χ3v) is 4.06. The van der Waals surface area contributed by atoms with E-state index >= 15 is 0 Å². The van der Waals surface area contributed by atoms with Gasteiger partial charge < -0.3 is 15.8 Å². The molecule has 3 N–H and O–H groups in total. The zero-order chi connectivity index (χ0) is 21.0. The van der Waals surface area contributed by atoms with Crippen molar-refractivity contribution in [3.8, 4) is 28.3 Å². The largest absolute Gasteiger partial charge is 0.476 e. The number of nitrogens with one attached hydrogen (secondary N) is 1. The third-order valence-electron chi connectivity index (χ3n) is 4.06. The van der Waals surface area contributed by atoms with Crippen LogP contribution in [-0.2, 0) is 6.18 Å². The van der Waals surface area contributed by atoms with Crippen molar-refractivity contribution < 1.29 is 17.9 Å². The molecular formula is C20H20F3N5O. The number of nitrogens with two attached hydrogens (primary N) is 1. The summed E-state index contributed by atoms with van der Waals surface area (Å²) < 4.78 is 45.8. The highest BCUT2D eigenvalue weighted by Crippen LogP contribution is 2.39. The highest BCUT2D eigenvalue weighted by molar-refractivity contribution is 5.85. The first-order valence-corrected chi connectivity index (χ1v) is 8.86. The molecule has 0 bridgehead atoms. The third kappa shape index (κ3) is 4.80. The molecule has 0 aliphatic rings. The first kappa shape index (κ1) is 20.5. The Labute approximate surface area is 166 Å². The van der Waals surface area contributed by atoms with Gasteiger partial charge in [0.15, 0.2) is 0 Å². The van der Waals surface area contributed by atoms with E-state index in [1.165, 1.54) is 6.92 Å². The second kappa shape index (κ2) is 8.44. The van der Waals surface area contributed by atoms with Crippen molar-refractivity contribution >= 4 is 5.95 Å². The van der Waals surface area contributed by atoms with Crippen molar-refractivity contribution in [2.75, 3.05) is 25.9 Å². The van der Waals surface area contributed by atoms with Crippen LogP contribution in [0.1, 0.15) is 11.4 Å². The summed E-state index contributed by atoms with van der Waals surface area (Å²) in [6.07, 6.45) is -4.59. The second-order valence-corrected chi connectivity index (χ2v) is 6.31. The Morgan fingerprint density at radius 3 is 2.41 bits per heavy atom. The summed E-state index contributed by atoms with van der Waals surface area (Å²) >= 11 is 0. The fourth-order valence-corrected chi connectivity index (χ4v) is 2.83. The maximum Gasteiger partial charge on any atom is 0.433 e. The van der Waals surface area contributed by atoms with Crippen molar-refractivity contribution in [2.45, 2.75) is 13.1 Å². The molecule has 152 valence electrons. The number of likely N-dealkylation sites (N-methyl/N-ethyl adjacent to an activating group) is 1. The molecule has 0 spiro atoms. The van der Waals surface area contributed by atoms with E-state index in [1.54, 1.807) is 37.4 Å². The molecule has 0 unspecified atom stereocenters. The molecule has 0 amide bonds. The lowest BCUT2D eigenvalue weighted by Crippen LogP contribution is -2.17. The van der Waals surface area contributed by atoms with E-state index in [1.807, 2.05) is 6.07 Å². The number of aryl methyl sites for hydroxylation is 1. The van der Waals surface area contributed by atoms with Crippen molar-refractivity contribution in [2.24, 2.45) is 0 Å². The van der Waals surface area contributed by atoms with E-state index in [0.29, 0.717) is 23.4 Å². The topological polar surface area (TPSA) is 86.0 Å². The number of pyridine rings is 1. The van der Waals surface area contributed by atoms with Gasteiger partial charge in [-0.2, -0.15) is 18.2 Å². The quantitative estimate of drug-likeness (QED) is 0.611. The molecule has 0 aliphatic heterocycles. The lowest BCUT2D eigenvalue weighted by Gasteiger charge is -2.17. The number of hydrogen-bond donors (Lipinski definition) is 2. The van der Waals surface area contributed by atoms with Gasteiger partial charge in [0.2, 0.25) is 11.8 Å². The van der Waals surface area contributed by atoms with Crippen molar-refractivity contribution in [3.05, 3.63) is 53.9 Å². The molecule has 3 rings (SSSR count). The molecule has 0 saturated heterocycles. The Morgan fingerprint density at radius 1 is 1.03 bits per heavy atom. The molecule has 1 aromatic carbocycles. The van der Waals surface area contributed by atoms with Crippen molar-refractivity contribution in [1.82, 2.24) is 20.3 Å². The Hall–Kier alpha value is -3.20. The van der Waals surface area contributed by atoms with Crippen LogP contribution in [0.2, 0.25) is 0 Å². The van der Waals surface area contributed by atoms with Gasteiger partial charge in [-0.3, -0.25) is 0 Å². The van der Waals surface area contributed by atoms with Gasteiger partial charge in [0, 0.05) is 17.8 Å². The number of anilines is 1. The summed E-state index contributed by atoms with van der Waals surface area (Å²) in [6, 6.07) is 11.5. The van der Waals surface area contributed by atoms with E-state index in [9.17, 15) is 13.2 Å². The zero-order valence-electron chi connectivity index (χ0n) is 15.9. The number of alkyl halides is 3. The van der Waals surface area contributed by atoms with Gasteiger partial charge in [0.1, 0.15) is 12.3 Å². The van der Waals surface area contributed by atoms with E-state index < -0.39 is 11.9 Å². The number of hydrogen-bond acceptors (Lipinski definition) is 6. The summed E-state index contributed by atoms with van der Waals surface area (Å²) in [7, 11) is 1.76. The number of nitrogen functional groups attached to an aromatic ring is 1. The van der Waals surface area contributed by atoms with Crippen LogP contribution in [0.25, 0.3) is 22.4 Å². The lowest BCUT2D eigenvalue weighted by atomic mass is 9.99. The molecule has 0 atom stereocenters. The van der Waals surface area contributed by atoms with E-state index in [2.05, 4.69) is 20.3 Å². The summed E-state index contributed by atoms with van der Waals surface area (Å²) in [5.41, 5.74) is 6.73. The van der Waals surface area contributed by atoms with Crippen LogP contribution in [0, 0.1) is 6.92 Å². The van der Waals surface area contributed by atoms with Gasteiger partial charge in [-0.1, -0.05) is 30.3 Å². The Balaban J connectivity index is 2.26. The molecule has 3 aromatic rings. The molecule has 6 nitrogen and oxygen atoms in total. The van der Waals surface area contributed by atoms with Crippen LogP contribution in [0.5, 0.6) is 5.88 Å². The molecule has 0 saturated carbocycles. The Bertz CT molecular complexity index is 993. The number of benzene rings is 1. The minimum Gasteiger partial charge on any atom is -0.476 e. The molecular weight excluding hydrogens is 383 g/mol. The maximum absolute atomic E-state index is 13.3. The number of aromatic nitrogens is 3. The number of rotatable bonds is 6. The number of halogens is 3. The fourth-order valence-electron chi connectivity index (χ4n) is 2.83. The average molecular weight is 403 g/mol. The first-order valence-electron chi connectivity index (χ1n) is 8.86. The molecule has 2 heterocycles. The van der Waals surface area contributed by atoms with Crippen molar-refractivity contribution in [1.29, 1.82) is 0 Å². The highest BCUT2D eigenvalue weighted by Gasteiger charge is 2.33. The second-order valence-electron chi connectivity index (χ2n) is 6.31. The standard InChI is InChI=1S/C20H20F3N5O/c1-12-10-14(11-15(26-12)20(21,22)23)16-17(13-6-4-3-5-7-13)27-19(24)28-18(16)29-9-8-25-2/h3-7,10-11,25H,8-9H2,1-2H3,(H2,24,27,28). The molecule has 2 aromatic heterocycles. The van der Waals surface area contributed by atoms with Crippen LogP contribution in [-0.4, -0.2) is 35.2 Å². The van der Waals surface area contributed by atoms with Gasteiger partial charge in [0.05, 0.1) is 11.3 Å². The first-order chi connectivity index (χ1) is 13.8. The van der Waals surface area contributed by atoms with Gasteiger partial charge in [-0.15, -0.1) is 0 Å². The highest BCUT2D eigenvalue weighted by atomic mass is 19.4. The van der Waals surface area contributed by atoms with Gasteiger partial charge in [0.25, 0.3) is 0 Å². The van der Waals surface area contributed by atoms with Gasteiger partial charge in [-0.25, -0.2) is 9.97 Å². The molecule has 0 fully saturated rings. The van der Waals surface area contributed by atoms with Crippen LogP contribution in [0.4, 0.5) is 19.1 Å². The normalized spacial score (nSPS) is 11.5. The molecule has 0 aliphatic carbocycles. The summed E-state index contributed by atoms with van der Waals surface area (Å²) in [5, 5.41) is 2.94. The van der Waals surface area contributed by atoms with Crippen LogP contribution in [0.15, 0.2) is 42.5 Å². The summed E-state index contributed by atoms with van der Waals surface area (Å²) in [6.45, 7) is 2.28. The minimum absolute atomic E-state index is 0.0334. The predicted molar refractivity (Wildman–Crippen MR) is 104 cm³/mol. The average Bonchev–Trinajstić information content (AvgIpc) is 2.67. The van der Waals surface area contributed by atoms with E-state index in [0.717, 1.165) is 6.07 Å². The SMILES string of the molecule is CNCCOc1nc(N)nc(-c2ccccc2)c1-c1cc(C)nc(C(F)(F)F)c1. The number of ether oxygens (including phenoxy) is 1. The molecule has 29 heavy (non-hydrogen) atoms. The summed E-state index contributed by atoms with van der Waals surface area (Å²) in [5.74, 6) is 0.0826. The smallest absolute Gasteiger partial charge is 0.433 e. The Morgan fingerprint density at radius 2 is 1.76 bits per heavy atom. The van der Waals surface area contributed by atoms with Crippen LogP contribution < -0.4 is 15.8 Å². The van der Waals surface area contributed by atoms with E-state index in [-0.39, 0.29) is 29.7 Å². The van der Waals surface area contributed by atoms with E-state index in [4.69, 9.17) is 10.5 Å². The maximum atomic E-state index is 13.3.